The van der Waals surface area contributed by atoms with E-state index in [2.05, 4.69) is 0 Å². The van der Waals surface area contributed by atoms with E-state index in [1.807, 2.05) is 12.1 Å². The third-order valence-electron chi connectivity index (χ3n) is 2.09. The normalized spacial score (nSPS) is 11.7. The van der Waals surface area contributed by atoms with Gasteiger partial charge in [-0.2, -0.15) is 0 Å². The zero-order valence-electron chi connectivity index (χ0n) is 9.68. The molecule has 0 unspecified atom stereocenters. The maximum atomic E-state index is 12.3. The first-order valence-corrected chi connectivity index (χ1v) is 6.89. The molecule has 0 radical (unpaired) electrons. The maximum absolute atomic E-state index is 12.3. The summed E-state index contributed by atoms with van der Waals surface area (Å²) in [4.78, 5) is 0. The minimum Gasteiger partial charge on any atom is -0.326 e. The third-order valence-corrected chi connectivity index (χ3v) is 4.21. The van der Waals surface area contributed by atoms with E-state index in [-0.39, 0.29) is 0 Å². The average Bonchev–Trinajstić information content (AvgIpc) is 2.30. The molecular formula is C11H18NO3P. The summed E-state index contributed by atoms with van der Waals surface area (Å²) in [5.74, 6) is 0. The summed E-state index contributed by atoms with van der Waals surface area (Å²) in [6, 6.07) is 7.16. The van der Waals surface area contributed by atoms with Crippen LogP contribution in [0.4, 0.5) is 0 Å². The van der Waals surface area contributed by atoms with Gasteiger partial charge in [0.1, 0.15) is 0 Å². The SMILES string of the molecule is CCOP(=O)(OCC)c1ccc(CN)cc1. The lowest BCUT2D eigenvalue weighted by atomic mass is 10.2. The molecule has 0 saturated heterocycles. The summed E-state index contributed by atoms with van der Waals surface area (Å²) in [7, 11) is -3.14. The summed E-state index contributed by atoms with van der Waals surface area (Å²) in [6.07, 6.45) is 0. The molecule has 0 fully saturated rings. The summed E-state index contributed by atoms with van der Waals surface area (Å²) >= 11 is 0. The molecule has 0 heterocycles. The standard InChI is InChI=1S/C11H18NO3P/c1-3-14-16(13,15-4-2)11-7-5-10(9-12)6-8-11/h5-8H,3-4,9,12H2,1-2H3. The van der Waals surface area contributed by atoms with Gasteiger partial charge in [0.25, 0.3) is 0 Å². The van der Waals surface area contributed by atoms with Crippen LogP contribution in [0.15, 0.2) is 24.3 Å². The molecule has 16 heavy (non-hydrogen) atoms. The van der Waals surface area contributed by atoms with Gasteiger partial charge in [0.15, 0.2) is 0 Å². The van der Waals surface area contributed by atoms with Crippen molar-refractivity contribution < 1.29 is 13.6 Å². The first-order chi connectivity index (χ1) is 7.66. The van der Waals surface area contributed by atoms with Gasteiger partial charge in [0, 0.05) is 6.54 Å². The molecule has 0 aliphatic rings. The van der Waals surface area contributed by atoms with E-state index < -0.39 is 7.60 Å². The highest BCUT2D eigenvalue weighted by atomic mass is 31.2. The summed E-state index contributed by atoms with van der Waals surface area (Å²) in [5, 5.41) is 0.577. The summed E-state index contributed by atoms with van der Waals surface area (Å²) < 4.78 is 22.8. The molecule has 5 heteroatoms. The molecule has 0 spiro atoms. The quantitative estimate of drug-likeness (QED) is 0.776. The first-order valence-electron chi connectivity index (χ1n) is 5.35. The molecule has 0 atom stereocenters. The number of nitrogens with two attached hydrogens (primary N) is 1. The van der Waals surface area contributed by atoms with Crippen molar-refractivity contribution in [2.45, 2.75) is 20.4 Å². The van der Waals surface area contributed by atoms with Gasteiger partial charge in [-0.3, -0.25) is 4.57 Å². The van der Waals surface area contributed by atoms with Gasteiger partial charge in [-0.1, -0.05) is 12.1 Å². The fourth-order valence-electron chi connectivity index (χ4n) is 1.34. The van der Waals surface area contributed by atoms with Crippen LogP contribution in [0.2, 0.25) is 0 Å². The van der Waals surface area contributed by atoms with Crippen LogP contribution < -0.4 is 11.0 Å². The Balaban J connectivity index is 2.96. The smallest absolute Gasteiger partial charge is 0.326 e. The number of benzene rings is 1. The Morgan fingerprint density at radius 3 is 2.00 bits per heavy atom. The van der Waals surface area contributed by atoms with E-state index in [9.17, 15) is 4.57 Å². The van der Waals surface area contributed by atoms with Crippen molar-refractivity contribution in [3.8, 4) is 0 Å². The van der Waals surface area contributed by atoms with Crippen LogP contribution in [0.1, 0.15) is 19.4 Å². The molecule has 1 aromatic rings. The Bertz CT molecular complexity index is 354. The lowest BCUT2D eigenvalue weighted by molar-refractivity contribution is 0.230. The molecule has 1 aromatic carbocycles. The van der Waals surface area contributed by atoms with Crippen LogP contribution >= 0.6 is 7.60 Å². The lowest BCUT2D eigenvalue weighted by Gasteiger charge is -2.17. The predicted octanol–water partition coefficient (Wildman–Crippen LogP) is 2.04. The van der Waals surface area contributed by atoms with Crippen LogP contribution in [-0.2, 0) is 20.2 Å². The second-order valence-corrected chi connectivity index (χ2v) is 5.23. The van der Waals surface area contributed by atoms with Crippen molar-refractivity contribution in [1.29, 1.82) is 0 Å². The molecule has 1 rings (SSSR count). The van der Waals surface area contributed by atoms with Gasteiger partial charge in [-0.15, -0.1) is 0 Å². The molecule has 90 valence electrons. The summed E-state index contributed by atoms with van der Waals surface area (Å²) in [6.45, 7) is 4.76. The van der Waals surface area contributed by atoms with Crippen LogP contribution in [-0.4, -0.2) is 13.2 Å². The average molecular weight is 243 g/mol. The number of hydrogen-bond donors (Lipinski definition) is 1. The molecule has 0 aliphatic carbocycles. The van der Waals surface area contributed by atoms with Crippen LogP contribution in [0.25, 0.3) is 0 Å². The van der Waals surface area contributed by atoms with Gasteiger partial charge in [-0.05, 0) is 31.5 Å². The Morgan fingerprint density at radius 2 is 1.62 bits per heavy atom. The highest BCUT2D eigenvalue weighted by Gasteiger charge is 2.26. The van der Waals surface area contributed by atoms with Crippen LogP contribution in [0.3, 0.4) is 0 Å². The third kappa shape index (κ3) is 3.16. The first kappa shape index (κ1) is 13.4. The largest absolute Gasteiger partial charge is 0.361 e. The Labute approximate surface area is 96.3 Å². The summed E-state index contributed by atoms with van der Waals surface area (Å²) in [5.41, 5.74) is 6.48. The molecular weight excluding hydrogens is 225 g/mol. The fourth-order valence-corrected chi connectivity index (χ4v) is 2.91. The van der Waals surface area contributed by atoms with E-state index in [0.29, 0.717) is 25.1 Å². The van der Waals surface area contributed by atoms with Crippen molar-refractivity contribution in [2.24, 2.45) is 5.73 Å². The fraction of sp³-hybridized carbons (Fsp3) is 0.455. The monoisotopic (exact) mass is 243 g/mol. The molecule has 4 nitrogen and oxygen atoms in total. The van der Waals surface area contributed by atoms with Gasteiger partial charge in [-0.25, -0.2) is 0 Å². The van der Waals surface area contributed by atoms with Crippen LogP contribution in [0.5, 0.6) is 0 Å². The second-order valence-electron chi connectivity index (χ2n) is 3.20. The lowest BCUT2D eigenvalue weighted by Crippen LogP contribution is -2.11. The molecule has 0 aromatic heterocycles. The van der Waals surface area contributed by atoms with Gasteiger partial charge >= 0.3 is 7.60 Å². The van der Waals surface area contributed by atoms with Gasteiger partial charge in [0.2, 0.25) is 0 Å². The predicted molar refractivity (Wildman–Crippen MR) is 64.8 cm³/mol. The van der Waals surface area contributed by atoms with E-state index in [1.54, 1.807) is 26.0 Å². The van der Waals surface area contributed by atoms with Crippen molar-refractivity contribution in [3.05, 3.63) is 29.8 Å². The topological polar surface area (TPSA) is 61.5 Å². The van der Waals surface area contributed by atoms with Gasteiger partial charge < -0.3 is 14.8 Å². The van der Waals surface area contributed by atoms with E-state index >= 15 is 0 Å². The van der Waals surface area contributed by atoms with Gasteiger partial charge in [0.05, 0.1) is 18.5 Å². The van der Waals surface area contributed by atoms with E-state index in [1.165, 1.54) is 0 Å². The molecule has 2 N–H and O–H groups in total. The van der Waals surface area contributed by atoms with Crippen molar-refractivity contribution in [1.82, 2.24) is 0 Å². The minimum absolute atomic E-state index is 0.357. The number of hydrogen-bond acceptors (Lipinski definition) is 4. The zero-order chi connectivity index (χ0) is 12.0. The zero-order valence-corrected chi connectivity index (χ0v) is 10.6. The highest BCUT2D eigenvalue weighted by Crippen LogP contribution is 2.46. The van der Waals surface area contributed by atoms with E-state index in [0.717, 1.165) is 5.56 Å². The number of rotatable bonds is 6. The van der Waals surface area contributed by atoms with Crippen molar-refractivity contribution in [3.63, 3.8) is 0 Å². The van der Waals surface area contributed by atoms with Crippen molar-refractivity contribution >= 4 is 12.9 Å². The minimum atomic E-state index is -3.14. The Hall–Kier alpha value is -0.670. The second kappa shape index (κ2) is 6.16. The van der Waals surface area contributed by atoms with E-state index in [4.69, 9.17) is 14.8 Å². The Kier molecular flexibility index (Phi) is 5.16. The van der Waals surface area contributed by atoms with Crippen molar-refractivity contribution in [2.75, 3.05) is 13.2 Å². The maximum Gasteiger partial charge on any atom is 0.361 e. The molecule has 0 aliphatic heterocycles. The molecule has 0 saturated carbocycles. The Morgan fingerprint density at radius 1 is 1.12 bits per heavy atom. The molecule has 0 amide bonds. The van der Waals surface area contributed by atoms with Crippen LogP contribution in [0, 0.1) is 0 Å². The molecule has 0 bridgehead atoms. The highest BCUT2D eigenvalue weighted by molar-refractivity contribution is 7.62.